The largest absolute Gasteiger partial charge is 0.368 e. The van der Waals surface area contributed by atoms with E-state index in [2.05, 4.69) is 10.9 Å². The van der Waals surface area contributed by atoms with Gasteiger partial charge in [-0.2, -0.15) is 0 Å². The van der Waals surface area contributed by atoms with Crippen LogP contribution in [0, 0.1) is 18.2 Å². The summed E-state index contributed by atoms with van der Waals surface area (Å²) in [5.74, 6) is 1.63. The Hall–Kier alpha value is -3.11. The topological polar surface area (TPSA) is 78.0 Å². The summed E-state index contributed by atoms with van der Waals surface area (Å²) in [4.78, 5) is 4.00. The van der Waals surface area contributed by atoms with E-state index in [1.807, 2.05) is 18.2 Å². The lowest BCUT2D eigenvalue weighted by molar-refractivity contribution is 0.580. The SMILES string of the molecule is C#C/C=C(\c1ccccc1)c1cc2c(cc1F)nc(N)n2S(=O)(=O)C(C)C. The fourth-order valence-corrected chi connectivity index (χ4v) is 3.94. The van der Waals surface area contributed by atoms with Gasteiger partial charge in [0.05, 0.1) is 16.3 Å². The number of aromatic nitrogens is 2. The fraction of sp³-hybridized carbons (Fsp3) is 0.150. The summed E-state index contributed by atoms with van der Waals surface area (Å²) >= 11 is 0. The minimum Gasteiger partial charge on any atom is -0.368 e. The van der Waals surface area contributed by atoms with Gasteiger partial charge in [-0.1, -0.05) is 36.3 Å². The Labute approximate surface area is 157 Å². The number of halogens is 1. The molecule has 3 aromatic rings. The average molecular weight is 383 g/mol. The normalized spacial score (nSPS) is 12.5. The molecule has 0 radical (unpaired) electrons. The summed E-state index contributed by atoms with van der Waals surface area (Å²) < 4.78 is 41.2. The third-order valence-electron chi connectivity index (χ3n) is 4.18. The third kappa shape index (κ3) is 3.20. The molecule has 0 aliphatic rings. The van der Waals surface area contributed by atoms with E-state index in [1.54, 1.807) is 26.0 Å². The van der Waals surface area contributed by atoms with Crippen molar-refractivity contribution in [1.82, 2.24) is 8.96 Å². The van der Waals surface area contributed by atoms with Gasteiger partial charge in [0.2, 0.25) is 16.0 Å². The maximum Gasteiger partial charge on any atom is 0.244 e. The van der Waals surface area contributed by atoms with Gasteiger partial charge in [0.25, 0.3) is 0 Å². The van der Waals surface area contributed by atoms with Crippen molar-refractivity contribution in [3.63, 3.8) is 0 Å². The lowest BCUT2D eigenvalue weighted by Crippen LogP contribution is -2.23. The van der Waals surface area contributed by atoms with Gasteiger partial charge in [-0.25, -0.2) is 21.8 Å². The number of fused-ring (bicyclic) bond motifs is 1. The predicted molar refractivity (Wildman–Crippen MR) is 106 cm³/mol. The molecular formula is C20H18FN3O2S. The van der Waals surface area contributed by atoms with E-state index in [4.69, 9.17) is 12.2 Å². The first kappa shape index (κ1) is 18.7. The van der Waals surface area contributed by atoms with Crippen LogP contribution < -0.4 is 5.73 Å². The highest BCUT2D eigenvalue weighted by Gasteiger charge is 2.26. The molecule has 7 heteroatoms. The Balaban J connectivity index is 2.34. The molecule has 138 valence electrons. The Bertz CT molecular complexity index is 1190. The Kier molecular flexibility index (Phi) is 4.77. The maximum absolute atomic E-state index is 14.8. The molecule has 0 saturated carbocycles. The van der Waals surface area contributed by atoms with Gasteiger partial charge < -0.3 is 5.73 Å². The van der Waals surface area contributed by atoms with Gasteiger partial charge in [0.1, 0.15) is 5.82 Å². The standard InChI is InChI=1S/C20H18FN3O2S/c1-4-8-15(14-9-6-5-7-10-14)16-11-19-18(12-17(16)21)23-20(22)24(19)27(25,26)13(2)3/h1,5-13H,2-3H3,(H2,22,23)/b15-8+. The molecule has 0 atom stereocenters. The first-order valence-corrected chi connectivity index (χ1v) is 9.71. The smallest absolute Gasteiger partial charge is 0.244 e. The van der Waals surface area contributed by atoms with Gasteiger partial charge in [0.15, 0.2) is 0 Å². The first-order chi connectivity index (χ1) is 12.8. The zero-order chi connectivity index (χ0) is 19.8. The van der Waals surface area contributed by atoms with Crippen LogP contribution in [0.3, 0.4) is 0 Å². The number of hydrogen-bond acceptors (Lipinski definition) is 4. The van der Waals surface area contributed by atoms with E-state index in [9.17, 15) is 12.8 Å². The second kappa shape index (κ2) is 6.89. The number of allylic oxidation sites excluding steroid dienone is 1. The molecule has 0 aliphatic carbocycles. The molecule has 0 amide bonds. The van der Waals surface area contributed by atoms with E-state index in [0.717, 1.165) is 3.97 Å². The molecule has 3 rings (SSSR count). The van der Waals surface area contributed by atoms with Crippen LogP contribution in [0.2, 0.25) is 0 Å². The fourth-order valence-electron chi connectivity index (χ4n) is 2.80. The van der Waals surface area contributed by atoms with E-state index >= 15 is 0 Å². The minimum absolute atomic E-state index is 0.158. The van der Waals surface area contributed by atoms with Crippen molar-refractivity contribution in [1.29, 1.82) is 0 Å². The van der Waals surface area contributed by atoms with Crippen LogP contribution in [0.4, 0.5) is 10.3 Å². The molecule has 0 unspecified atom stereocenters. The number of nitrogens with two attached hydrogens (primary N) is 1. The minimum atomic E-state index is -3.78. The number of anilines is 1. The van der Waals surface area contributed by atoms with Gasteiger partial charge in [-0.3, -0.25) is 0 Å². The Morgan fingerprint density at radius 3 is 2.56 bits per heavy atom. The van der Waals surface area contributed by atoms with E-state index in [1.165, 1.54) is 18.2 Å². The van der Waals surface area contributed by atoms with Crippen LogP contribution in [-0.4, -0.2) is 22.6 Å². The van der Waals surface area contributed by atoms with Gasteiger partial charge in [-0.15, -0.1) is 6.42 Å². The summed E-state index contributed by atoms with van der Waals surface area (Å²) in [5, 5.41) is -0.722. The molecule has 0 spiro atoms. The number of imidazole rings is 1. The predicted octanol–water partition coefficient (Wildman–Crippen LogP) is 3.41. The lowest BCUT2D eigenvalue weighted by atomic mass is 9.97. The second-order valence-electron chi connectivity index (χ2n) is 6.24. The van der Waals surface area contributed by atoms with Gasteiger partial charge in [0, 0.05) is 17.2 Å². The van der Waals surface area contributed by atoms with Crippen LogP contribution >= 0.6 is 0 Å². The zero-order valence-electron chi connectivity index (χ0n) is 14.8. The Morgan fingerprint density at radius 2 is 1.96 bits per heavy atom. The molecule has 0 fully saturated rings. The first-order valence-electron chi connectivity index (χ1n) is 8.21. The molecular weight excluding hydrogens is 365 g/mol. The highest BCUT2D eigenvalue weighted by Crippen LogP contribution is 2.31. The highest BCUT2D eigenvalue weighted by atomic mass is 32.2. The lowest BCUT2D eigenvalue weighted by Gasteiger charge is -2.13. The van der Waals surface area contributed by atoms with Crippen LogP contribution in [0.5, 0.6) is 0 Å². The number of benzene rings is 2. The van der Waals surface area contributed by atoms with Crippen molar-refractivity contribution >= 4 is 32.6 Å². The number of hydrogen-bond donors (Lipinski definition) is 1. The molecule has 1 heterocycles. The number of rotatable bonds is 4. The second-order valence-corrected chi connectivity index (χ2v) is 8.58. The molecule has 1 aromatic heterocycles. The molecule has 0 aliphatic heterocycles. The monoisotopic (exact) mass is 383 g/mol. The number of nitrogen functional groups attached to an aromatic ring is 1. The quantitative estimate of drug-likeness (QED) is 0.701. The van der Waals surface area contributed by atoms with Crippen LogP contribution in [0.15, 0.2) is 48.5 Å². The summed E-state index contributed by atoms with van der Waals surface area (Å²) in [7, 11) is -3.78. The van der Waals surface area contributed by atoms with E-state index in [0.29, 0.717) is 11.1 Å². The van der Waals surface area contributed by atoms with E-state index < -0.39 is 21.1 Å². The van der Waals surface area contributed by atoms with Crippen molar-refractivity contribution in [2.24, 2.45) is 0 Å². The highest BCUT2D eigenvalue weighted by molar-refractivity contribution is 7.90. The van der Waals surface area contributed by atoms with Crippen LogP contribution in [-0.2, 0) is 10.0 Å². The molecule has 5 nitrogen and oxygen atoms in total. The summed E-state index contributed by atoms with van der Waals surface area (Å²) in [6.45, 7) is 3.08. The average Bonchev–Trinajstić information content (AvgIpc) is 2.95. The number of terminal acetylenes is 1. The van der Waals surface area contributed by atoms with Crippen molar-refractivity contribution in [2.45, 2.75) is 19.1 Å². The van der Waals surface area contributed by atoms with E-state index in [-0.39, 0.29) is 22.5 Å². The van der Waals surface area contributed by atoms with Crippen molar-refractivity contribution < 1.29 is 12.8 Å². The summed E-state index contributed by atoms with van der Waals surface area (Å²) in [6.07, 6.45) is 6.87. The van der Waals surface area contributed by atoms with Crippen molar-refractivity contribution in [2.75, 3.05) is 5.73 Å². The molecule has 27 heavy (non-hydrogen) atoms. The molecule has 0 bridgehead atoms. The van der Waals surface area contributed by atoms with Crippen molar-refractivity contribution in [3.05, 3.63) is 65.5 Å². The maximum atomic E-state index is 14.8. The molecule has 0 saturated heterocycles. The number of nitrogens with zero attached hydrogens (tertiary/aromatic N) is 2. The molecule has 2 N–H and O–H groups in total. The van der Waals surface area contributed by atoms with Gasteiger partial charge >= 0.3 is 0 Å². The van der Waals surface area contributed by atoms with Crippen LogP contribution in [0.25, 0.3) is 16.6 Å². The Morgan fingerprint density at radius 1 is 1.30 bits per heavy atom. The third-order valence-corrected chi connectivity index (χ3v) is 6.26. The van der Waals surface area contributed by atoms with Crippen LogP contribution in [0.1, 0.15) is 25.0 Å². The summed E-state index contributed by atoms with van der Waals surface area (Å²) in [6, 6.07) is 11.6. The molecule has 2 aromatic carbocycles. The zero-order valence-corrected chi connectivity index (χ0v) is 15.7. The van der Waals surface area contributed by atoms with Crippen molar-refractivity contribution in [3.8, 4) is 12.3 Å². The van der Waals surface area contributed by atoms with Gasteiger partial charge in [-0.05, 0) is 31.6 Å². The summed E-state index contributed by atoms with van der Waals surface area (Å²) in [5.41, 5.74) is 7.53.